The highest BCUT2D eigenvalue weighted by Gasteiger charge is 2.22. The Kier molecular flexibility index (Phi) is 5.95. The highest BCUT2D eigenvalue weighted by molar-refractivity contribution is 7.89. The van der Waals surface area contributed by atoms with Gasteiger partial charge in [0.05, 0.1) is 10.8 Å². The number of amides is 1. The summed E-state index contributed by atoms with van der Waals surface area (Å²) in [5, 5.41) is 5.76. The van der Waals surface area contributed by atoms with Crippen LogP contribution in [0.3, 0.4) is 0 Å². The molecular weight excluding hydrogens is 406 g/mol. The number of hydrogen-bond acceptors (Lipinski definition) is 6. The fraction of sp³-hybridized carbons (Fsp3) is 0.238. The number of primary amides is 1. The number of aryl methyl sites for hydroxylation is 1. The lowest BCUT2D eigenvalue weighted by Gasteiger charge is -2.17. The summed E-state index contributed by atoms with van der Waals surface area (Å²) in [6.07, 6.45) is 0.800. The van der Waals surface area contributed by atoms with Crippen LogP contribution in [0.5, 0.6) is 0 Å². The first-order chi connectivity index (χ1) is 14.1. The van der Waals surface area contributed by atoms with Gasteiger partial charge in [0, 0.05) is 37.3 Å². The van der Waals surface area contributed by atoms with Crippen molar-refractivity contribution in [3.05, 3.63) is 70.1 Å². The molecule has 1 unspecified atom stereocenters. The molecule has 0 spiro atoms. The largest absolute Gasteiger partial charge is 0.423 e. The first-order valence-electron chi connectivity index (χ1n) is 9.22. The first kappa shape index (κ1) is 21.5. The molecule has 158 valence electrons. The zero-order valence-corrected chi connectivity index (χ0v) is 17.5. The summed E-state index contributed by atoms with van der Waals surface area (Å²) in [7, 11) is -0.0257. The Labute approximate surface area is 174 Å². The molecule has 2 aromatic carbocycles. The molecule has 9 heteroatoms. The van der Waals surface area contributed by atoms with Crippen molar-refractivity contribution in [2.75, 3.05) is 19.0 Å². The Morgan fingerprint density at radius 2 is 1.77 bits per heavy atom. The maximum atomic E-state index is 12.2. The zero-order chi connectivity index (χ0) is 22.1. The van der Waals surface area contributed by atoms with Crippen LogP contribution in [0.4, 0.5) is 5.69 Å². The van der Waals surface area contributed by atoms with Crippen LogP contribution in [-0.2, 0) is 21.2 Å². The average Bonchev–Trinajstić information content (AvgIpc) is 2.66. The molecule has 1 atom stereocenters. The number of hydrogen-bond donors (Lipinski definition) is 2. The molecule has 30 heavy (non-hydrogen) atoms. The highest BCUT2D eigenvalue weighted by atomic mass is 32.2. The Morgan fingerprint density at radius 1 is 1.10 bits per heavy atom. The van der Waals surface area contributed by atoms with Crippen LogP contribution in [0.25, 0.3) is 11.0 Å². The summed E-state index contributed by atoms with van der Waals surface area (Å²) in [6.45, 7) is 0. The molecule has 4 N–H and O–H groups in total. The Morgan fingerprint density at radius 3 is 2.33 bits per heavy atom. The third kappa shape index (κ3) is 4.69. The minimum Gasteiger partial charge on any atom is -0.423 e. The van der Waals surface area contributed by atoms with E-state index in [1.807, 2.05) is 25.1 Å². The first-order valence-corrected chi connectivity index (χ1v) is 10.8. The molecule has 0 saturated heterocycles. The van der Waals surface area contributed by atoms with E-state index in [0.29, 0.717) is 29.4 Å². The van der Waals surface area contributed by atoms with Crippen molar-refractivity contribution >= 4 is 32.6 Å². The molecular formula is C21H23N3O5S. The number of benzene rings is 2. The van der Waals surface area contributed by atoms with E-state index in [2.05, 4.69) is 0 Å². The van der Waals surface area contributed by atoms with E-state index >= 15 is 0 Å². The lowest BCUT2D eigenvalue weighted by Crippen LogP contribution is -2.23. The second kappa shape index (κ2) is 8.29. The molecule has 0 aliphatic rings. The van der Waals surface area contributed by atoms with E-state index < -0.39 is 27.5 Å². The molecule has 0 aliphatic carbocycles. The number of carbonyl (C=O) groups excluding carboxylic acids is 1. The van der Waals surface area contributed by atoms with Crippen molar-refractivity contribution in [2.45, 2.75) is 23.7 Å². The van der Waals surface area contributed by atoms with E-state index in [9.17, 15) is 18.0 Å². The van der Waals surface area contributed by atoms with Crippen LogP contribution in [0, 0.1) is 0 Å². The molecule has 0 saturated carbocycles. The maximum absolute atomic E-state index is 12.2. The summed E-state index contributed by atoms with van der Waals surface area (Å²) in [4.78, 5) is 26.2. The van der Waals surface area contributed by atoms with E-state index in [-0.39, 0.29) is 4.90 Å². The van der Waals surface area contributed by atoms with E-state index in [1.165, 1.54) is 18.2 Å². The number of rotatable bonds is 7. The molecule has 0 bridgehead atoms. The Bertz CT molecular complexity index is 1250. The van der Waals surface area contributed by atoms with E-state index in [0.717, 1.165) is 11.3 Å². The quantitative estimate of drug-likeness (QED) is 0.549. The van der Waals surface area contributed by atoms with Crippen LogP contribution in [-0.4, -0.2) is 28.4 Å². The van der Waals surface area contributed by atoms with Gasteiger partial charge in [-0.25, -0.2) is 18.4 Å². The fourth-order valence-electron chi connectivity index (χ4n) is 3.35. The second-order valence-electron chi connectivity index (χ2n) is 7.28. The Hall–Kier alpha value is -3.17. The maximum Gasteiger partial charge on any atom is 0.336 e. The number of nitrogens with zero attached hydrogens (tertiary/aromatic N) is 1. The molecule has 0 aliphatic heterocycles. The fourth-order valence-corrected chi connectivity index (χ4v) is 3.87. The van der Waals surface area contributed by atoms with E-state index in [4.69, 9.17) is 15.3 Å². The molecule has 3 rings (SSSR count). The van der Waals surface area contributed by atoms with Gasteiger partial charge in [-0.15, -0.1) is 0 Å². The third-order valence-corrected chi connectivity index (χ3v) is 5.90. The van der Waals surface area contributed by atoms with Gasteiger partial charge in [-0.05, 0) is 48.2 Å². The van der Waals surface area contributed by atoms with Gasteiger partial charge in [-0.2, -0.15) is 0 Å². The monoisotopic (exact) mass is 429 g/mol. The number of fused-ring (bicyclic) bond motifs is 1. The van der Waals surface area contributed by atoms with Gasteiger partial charge in [0.1, 0.15) is 5.58 Å². The zero-order valence-electron chi connectivity index (χ0n) is 16.7. The lowest BCUT2D eigenvalue weighted by molar-refractivity contribution is -0.119. The third-order valence-electron chi connectivity index (χ3n) is 4.97. The molecule has 1 aromatic heterocycles. The van der Waals surface area contributed by atoms with Gasteiger partial charge < -0.3 is 15.1 Å². The highest BCUT2D eigenvalue weighted by Crippen LogP contribution is 2.30. The van der Waals surface area contributed by atoms with Crippen LogP contribution in [0.1, 0.15) is 23.5 Å². The van der Waals surface area contributed by atoms with Crippen molar-refractivity contribution in [2.24, 2.45) is 10.9 Å². The Balaban J connectivity index is 1.94. The van der Waals surface area contributed by atoms with Gasteiger partial charge >= 0.3 is 5.63 Å². The van der Waals surface area contributed by atoms with Gasteiger partial charge in [-0.3, -0.25) is 4.79 Å². The van der Waals surface area contributed by atoms with Crippen molar-refractivity contribution < 1.29 is 17.6 Å². The predicted octanol–water partition coefficient (Wildman–Crippen LogP) is 1.71. The van der Waals surface area contributed by atoms with Crippen LogP contribution < -0.4 is 21.4 Å². The summed E-state index contributed by atoms with van der Waals surface area (Å²) in [5.74, 6) is -1.26. The van der Waals surface area contributed by atoms with Crippen molar-refractivity contribution in [3.63, 3.8) is 0 Å². The summed E-state index contributed by atoms with van der Waals surface area (Å²) in [6, 6.07) is 12.8. The molecule has 3 aromatic rings. The smallest absolute Gasteiger partial charge is 0.336 e. The van der Waals surface area contributed by atoms with Crippen LogP contribution in [0.2, 0.25) is 0 Å². The molecule has 0 radical (unpaired) electrons. The van der Waals surface area contributed by atoms with E-state index in [1.54, 1.807) is 24.3 Å². The molecule has 0 fully saturated rings. The second-order valence-corrected chi connectivity index (χ2v) is 8.84. The van der Waals surface area contributed by atoms with Crippen LogP contribution >= 0.6 is 0 Å². The summed E-state index contributed by atoms with van der Waals surface area (Å²) in [5.41, 5.74) is 7.67. The normalized spacial score (nSPS) is 12.6. The number of anilines is 1. The molecule has 8 nitrogen and oxygen atoms in total. The predicted molar refractivity (Wildman–Crippen MR) is 115 cm³/mol. The number of sulfonamides is 1. The van der Waals surface area contributed by atoms with Gasteiger partial charge in [0.25, 0.3) is 0 Å². The minimum absolute atomic E-state index is 0.0149. The van der Waals surface area contributed by atoms with Gasteiger partial charge in [-0.1, -0.05) is 12.1 Å². The summed E-state index contributed by atoms with van der Waals surface area (Å²) >= 11 is 0. The standard InChI is InChI=1S/C21H23N3O5S/c1-24(2)14-6-10-16-18(12-20(25)29-19(16)11-14)17(21(22)26)9-5-13-3-7-15(8-4-13)30(23,27)28/h3-4,6-8,10-12,17H,5,9H2,1-2H3,(H2,22,26)(H2,23,27,28). The number of nitrogens with two attached hydrogens (primary N) is 2. The molecule has 1 amide bonds. The molecule has 1 heterocycles. The topological polar surface area (TPSA) is 137 Å². The van der Waals surface area contributed by atoms with Crippen molar-refractivity contribution in [1.82, 2.24) is 0 Å². The van der Waals surface area contributed by atoms with Crippen molar-refractivity contribution in [3.8, 4) is 0 Å². The lowest BCUT2D eigenvalue weighted by atomic mass is 9.90. The number of carbonyl (C=O) groups is 1. The van der Waals surface area contributed by atoms with Gasteiger partial charge in [0.15, 0.2) is 0 Å². The van der Waals surface area contributed by atoms with Crippen LogP contribution in [0.15, 0.2) is 62.6 Å². The minimum atomic E-state index is -3.77. The SMILES string of the molecule is CN(C)c1ccc2c(C(CCc3ccc(S(N)(=O)=O)cc3)C(N)=O)cc(=O)oc2c1. The average molecular weight is 429 g/mol. The van der Waals surface area contributed by atoms with Gasteiger partial charge in [0.2, 0.25) is 15.9 Å². The number of primary sulfonamides is 1. The van der Waals surface area contributed by atoms with Crippen molar-refractivity contribution in [1.29, 1.82) is 0 Å². The summed E-state index contributed by atoms with van der Waals surface area (Å²) < 4.78 is 28.1.